The van der Waals surface area contributed by atoms with Crippen LogP contribution in [0.5, 0.6) is 11.5 Å². The number of carbonyl (C=O) groups excluding carboxylic acids is 1. The second-order valence-electron chi connectivity index (χ2n) is 11.0. The lowest BCUT2D eigenvalue weighted by Crippen LogP contribution is -2.38. The molecule has 0 saturated carbocycles. The highest BCUT2D eigenvalue weighted by molar-refractivity contribution is 6.04. The van der Waals surface area contributed by atoms with E-state index in [-0.39, 0.29) is 36.1 Å². The molecule has 39 heavy (non-hydrogen) atoms. The molecule has 1 amide bonds. The van der Waals surface area contributed by atoms with Crippen molar-refractivity contribution in [1.29, 1.82) is 0 Å². The molecule has 0 aliphatic carbocycles. The van der Waals surface area contributed by atoms with E-state index in [1.807, 2.05) is 24.3 Å². The van der Waals surface area contributed by atoms with Gasteiger partial charge in [0.15, 0.2) is 0 Å². The van der Waals surface area contributed by atoms with Crippen LogP contribution in [0.25, 0.3) is 0 Å². The van der Waals surface area contributed by atoms with E-state index >= 15 is 0 Å². The van der Waals surface area contributed by atoms with Gasteiger partial charge in [-0.15, -0.1) is 0 Å². The van der Waals surface area contributed by atoms with Crippen molar-refractivity contribution in [2.75, 3.05) is 26.1 Å². The third-order valence-electron chi connectivity index (χ3n) is 8.27. The summed E-state index contributed by atoms with van der Waals surface area (Å²) in [7, 11) is 3.28. The van der Waals surface area contributed by atoms with Crippen LogP contribution in [-0.2, 0) is 16.6 Å². The quantitative estimate of drug-likeness (QED) is 0.305. The number of carbonyl (C=O) groups is 1. The van der Waals surface area contributed by atoms with Gasteiger partial charge in [-0.3, -0.25) is 4.79 Å². The van der Waals surface area contributed by atoms with E-state index in [0.717, 1.165) is 30.0 Å². The predicted molar refractivity (Wildman–Crippen MR) is 155 cm³/mol. The molecular weight excluding hydrogens is 490 g/mol. The van der Waals surface area contributed by atoms with Crippen molar-refractivity contribution in [2.24, 2.45) is 11.8 Å². The molecule has 1 saturated heterocycles. The molecule has 4 rings (SSSR count). The lowest BCUT2D eigenvalue weighted by atomic mass is 9.65. The maximum atomic E-state index is 12.6. The number of nitrogens with one attached hydrogen (secondary N) is 1. The Balaban J connectivity index is 1.38. The molecule has 0 aromatic heterocycles. The molecule has 0 spiro atoms. The van der Waals surface area contributed by atoms with Gasteiger partial charge in [0.25, 0.3) is 5.91 Å². The van der Waals surface area contributed by atoms with Gasteiger partial charge in [-0.1, -0.05) is 45.0 Å². The molecule has 1 fully saturated rings. The van der Waals surface area contributed by atoms with E-state index in [0.29, 0.717) is 17.9 Å². The fourth-order valence-electron chi connectivity index (χ4n) is 6.05. The number of amides is 1. The number of methoxy groups -OCH3 is 2. The monoisotopic (exact) mass is 531 g/mol. The average Bonchev–Trinajstić information content (AvgIpc) is 3.28. The van der Waals surface area contributed by atoms with Gasteiger partial charge in [0, 0.05) is 17.9 Å². The van der Waals surface area contributed by atoms with Gasteiger partial charge in [0.1, 0.15) is 11.5 Å². The summed E-state index contributed by atoms with van der Waals surface area (Å²) in [5.41, 5.74) is 3.67. The fourth-order valence-corrected chi connectivity index (χ4v) is 6.05. The van der Waals surface area contributed by atoms with Gasteiger partial charge in [-0.2, -0.15) is 0 Å². The number of aryl methyl sites for hydroxylation is 1. The summed E-state index contributed by atoms with van der Waals surface area (Å²) in [4.78, 5) is 12.6. The minimum absolute atomic E-state index is 0.00245. The number of ether oxygens (including phenoxy) is 3. The van der Waals surface area contributed by atoms with Crippen molar-refractivity contribution in [3.05, 3.63) is 89.5 Å². The molecule has 0 bridgehead atoms. The Bertz CT molecular complexity index is 1200. The molecule has 6 nitrogen and oxygen atoms in total. The van der Waals surface area contributed by atoms with Crippen molar-refractivity contribution >= 4 is 11.6 Å². The molecule has 4 atom stereocenters. The minimum Gasteiger partial charge on any atom is -0.497 e. The zero-order valence-electron chi connectivity index (χ0n) is 23.6. The van der Waals surface area contributed by atoms with E-state index in [1.165, 1.54) is 11.1 Å². The smallest absolute Gasteiger partial charge is 0.255 e. The highest BCUT2D eigenvalue weighted by Crippen LogP contribution is 2.47. The zero-order chi connectivity index (χ0) is 28.0. The average molecular weight is 532 g/mol. The minimum atomic E-state index is -0.154. The summed E-state index contributed by atoms with van der Waals surface area (Å²) < 4.78 is 17.1. The van der Waals surface area contributed by atoms with Crippen LogP contribution in [0.15, 0.2) is 72.8 Å². The first-order valence-electron chi connectivity index (χ1n) is 13.7. The largest absolute Gasteiger partial charge is 0.497 e. The molecule has 1 aliphatic heterocycles. The van der Waals surface area contributed by atoms with Crippen molar-refractivity contribution in [1.82, 2.24) is 0 Å². The zero-order valence-corrected chi connectivity index (χ0v) is 23.6. The van der Waals surface area contributed by atoms with Crippen LogP contribution in [0.3, 0.4) is 0 Å². The number of hydrogen-bond donors (Lipinski definition) is 2. The maximum absolute atomic E-state index is 12.6. The number of benzene rings is 3. The number of aliphatic hydroxyl groups is 1. The normalized spacial score (nSPS) is 21.0. The second kappa shape index (κ2) is 12.7. The summed E-state index contributed by atoms with van der Waals surface area (Å²) in [6, 6.07) is 23.4. The van der Waals surface area contributed by atoms with Gasteiger partial charge in [0.2, 0.25) is 0 Å². The summed E-state index contributed by atoms with van der Waals surface area (Å²) in [6.45, 7) is 6.97. The molecule has 3 aromatic carbocycles. The van der Waals surface area contributed by atoms with Crippen LogP contribution in [-0.4, -0.2) is 44.0 Å². The van der Waals surface area contributed by atoms with Crippen LogP contribution in [0.2, 0.25) is 0 Å². The molecule has 2 N–H and O–H groups in total. The van der Waals surface area contributed by atoms with Crippen molar-refractivity contribution in [3.8, 4) is 11.5 Å². The summed E-state index contributed by atoms with van der Waals surface area (Å²) in [5.74, 6) is 2.02. The SMILES string of the molecule is COc1ccc(C(=O)Nc2ccc(CC[C@H]3O[C@@H](CCO)[C@H](C(C)(C)c4ccc(OC)cc4)[C@H]3C)cc2)cc1. The third kappa shape index (κ3) is 6.63. The van der Waals surface area contributed by atoms with E-state index < -0.39 is 0 Å². The molecular formula is C33H41NO5. The Kier molecular flexibility index (Phi) is 9.31. The second-order valence-corrected chi connectivity index (χ2v) is 11.0. The van der Waals surface area contributed by atoms with Gasteiger partial charge in [-0.05, 0) is 96.2 Å². The lowest BCUT2D eigenvalue weighted by molar-refractivity contribution is 0.00629. The Hall–Kier alpha value is -3.35. The van der Waals surface area contributed by atoms with Crippen LogP contribution >= 0.6 is 0 Å². The van der Waals surface area contributed by atoms with Crippen LogP contribution in [0, 0.1) is 11.8 Å². The van der Waals surface area contributed by atoms with E-state index in [1.54, 1.807) is 38.5 Å². The molecule has 3 aromatic rings. The number of aliphatic hydroxyl groups excluding tert-OH is 1. The number of hydrogen-bond acceptors (Lipinski definition) is 5. The van der Waals surface area contributed by atoms with Gasteiger partial charge in [-0.25, -0.2) is 0 Å². The van der Waals surface area contributed by atoms with Gasteiger partial charge < -0.3 is 24.6 Å². The molecule has 6 heteroatoms. The van der Waals surface area contributed by atoms with Crippen LogP contribution < -0.4 is 14.8 Å². The highest BCUT2D eigenvalue weighted by Gasteiger charge is 2.49. The van der Waals surface area contributed by atoms with E-state index in [4.69, 9.17) is 14.2 Å². The Labute approximate surface area is 232 Å². The number of rotatable bonds is 11. The molecule has 0 radical (unpaired) electrons. The Morgan fingerprint density at radius 1 is 0.872 bits per heavy atom. The highest BCUT2D eigenvalue weighted by atomic mass is 16.5. The summed E-state index contributed by atoms with van der Waals surface area (Å²) >= 11 is 0. The lowest BCUT2D eigenvalue weighted by Gasteiger charge is -2.38. The van der Waals surface area contributed by atoms with Crippen molar-refractivity contribution in [2.45, 2.75) is 57.7 Å². The topological polar surface area (TPSA) is 77.0 Å². The summed E-state index contributed by atoms with van der Waals surface area (Å²) in [6.07, 6.45) is 2.52. The number of anilines is 1. The summed E-state index contributed by atoms with van der Waals surface area (Å²) in [5, 5.41) is 12.7. The fraction of sp³-hybridized carbons (Fsp3) is 0.424. The first-order chi connectivity index (χ1) is 18.8. The van der Waals surface area contributed by atoms with Crippen molar-refractivity contribution in [3.63, 3.8) is 0 Å². The first-order valence-corrected chi connectivity index (χ1v) is 13.7. The predicted octanol–water partition coefficient (Wildman–Crippen LogP) is 6.27. The molecule has 208 valence electrons. The van der Waals surface area contributed by atoms with Gasteiger partial charge >= 0.3 is 0 Å². The van der Waals surface area contributed by atoms with Crippen LogP contribution in [0.4, 0.5) is 5.69 Å². The van der Waals surface area contributed by atoms with E-state index in [9.17, 15) is 9.90 Å². The standard InChI is InChI=1S/C33H41NO5/c1-22-29(39-30(20-21-35)31(22)33(2,3)25-11-17-28(38-5)18-12-25)19-8-23-6-13-26(14-7-23)34-32(36)24-9-15-27(37-4)16-10-24/h6-7,9-18,22,29-31,35H,8,19-21H2,1-5H3,(H,34,36)/t22-,29+,30-,31+/m0/s1. The first kappa shape index (κ1) is 28.7. The third-order valence-corrected chi connectivity index (χ3v) is 8.27. The Morgan fingerprint density at radius 3 is 2.03 bits per heavy atom. The van der Waals surface area contributed by atoms with E-state index in [2.05, 4.69) is 50.4 Å². The van der Waals surface area contributed by atoms with Crippen LogP contribution in [0.1, 0.15) is 55.1 Å². The maximum Gasteiger partial charge on any atom is 0.255 e. The molecule has 1 aliphatic rings. The van der Waals surface area contributed by atoms with Gasteiger partial charge in [0.05, 0.1) is 26.4 Å². The molecule has 0 unspecified atom stereocenters. The Morgan fingerprint density at radius 2 is 1.46 bits per heavy atom. The van der Waals surface area contributed by atoms with Crippen molar-refractivity contribution < 1.29 is 24.1 Å². The molecule has 1 heterocycles.